The van der Waals surface area contributed by atoms with E-state index in [0.717, 1.165) is 52.4 Å². The topological polar surface area (TPSA) is 56.6 Å². The predicted octanol–water partition coefficient (Wildman–Crippen LogP) is 5.65. The molecule has 6 nitrogen and oxygen atoms in total. The van der Waals surface area contributed by atoms with Crippen LogP contribution in [0.15, 0.2) is 66.7 Å². The van der Waals surface area contributed by atoms with Crippen LogP contribution in [-0.4, -0.2) is 40.6 Å². The van der Waals surface area contributed by atoms with Gasteiger partial charge in [0.2, 0.25) is 5.91 Å². The number of aryl methyl sites for hydroxylation is 3. The molecule has 1 saturated heterocycles. The number of amides is 1. The number of benzene rings is 3. The first kappa shape index (κ1) is 23.9. The molecule has 1 aliphatic heterocycles. The molecule has 186 valence electrons. The van der Waals surface area contributed by atoms with Gasteiger partial charge >= 0.3 is 0 Å². The lowest BCUT2D eigenvalue weighted by atomic mass is 10.1. The largest absolute Gasteiger partial charge is 0.497 e. The number of nitrogens with zero attached hydrogens (tertiary/aromatic N) is 3. The maximum Gasteiger partial charge on any atom is 0.223 e. The zero-order chi connectivity index (χ0) is 25.1. The molecule has 0 aliphatic carbocycles. The van der Waals surface area contributed by atoms with Crippen LogP contribution in [-0.2, 0) is 17.9 Å². The van der Waals surface area contributed by atoms with Crippen molar-refractivity contribution in [2.45, 2.75) is 45.7 Å². The van der Waals surface area contributed by atoms with E-state index in [0.29, 0.717) is 26.1 Å². The molecule has 0 saturated carbocycles. The van der Waals surface area contributed by atoms with Gasteiger partial charge in [-0.25, -0.2) is 4.98 Å². The maximum absolute atomic E-state index is 12.9. The van der Waals surface area contributed by atoms with Gasteiger partial charge in [-0.2, -0.15) is 0 Å². The molecule has 3 aromatic carbocycles. The fourth-order valence-electron chi connectivity index (χ4n) is 4.96. The van der Waals surface area contributed by atoms with Crippen molar-refractivity contribution in [1.82, 2.24) is 14.5 Å². The Morgan fingerprint density at radius 1 is 1.03 bits per heavy atom. The lowest BCUT2D eigenvalue weighted by Gasteiger charge is -2.18. The Labute approximate surface area is 212 Å². The van der Waals surface area contributed by atoms with Crippen molar-refractivity contribution in [1.29, 1.82) is 0 Å². The van der Waals surface area contributed by atoms with Gasteiger partial charge < -0.3 is 18.9 Å². The van der Waals surface area contributed by atoms with Crippen LogP contribution in [0.5, 0.6) is 11.5 Å². The van der Waals surface area contributed by atoms with E-state index in [1.165, 1.54) is 5.56 Å². The van der Waals surface area contributed by atoms with E-state index in [1.807, 2.05) is 47.4 Å². The number of rotatable bonds is 9. The quantitative estimate of drug-likeness (QED) is 0.289. The summed E-state index contributed by atoms with van der Waals surface area (Å²) in [4.78, 5) is 19.9. The van der Waals surface area contributed by atoms with Crippen LogP contribution in [0.25, 0.3) is 11.0 Å². The Bertz CT molecular complexity index is 1360. The monoisotopic (exact) mass is 483 g/mol. The normalized spacial score (nSPS) is 15.6. The first-order chi connectivity index (χ1) is 17.5. The van der Waals surface area contributed by atoms with E-state index >= 15 is 0 Å². The number of fused-ring (bicyclic) bond motifs is 1. The van der Waals surface area contributed by atoms with Crippen LogP contribution in [0, 0.1) is 13.8 Å². The number of imidazole rings is 1. The van der Waals surface area contributed by atoms with Gasteiger partial charge in [-0.15, -0.1) is 0 Å². The zero-order valence-electron chi connectivity index (χ0n) is 21.2. The fraction of sp³-hybridized carbons (Fsp3) is 0.333. The van der Waals surface area contributed by atoms with Crippen LogP contribution >= 0.6 is 0 Å². The number of para-hydroxylation sites is 2. The van der Waals surface area contributed by atoms with Crippen molar-refractivity contribution >= 4 is 16.9 Å². The van der Waals surface area contributed by atoms with Gasteiger partial charge in [-0.05, 0) is 67.3 Å². The summed E-state index contributed by atoms with van der Waals surface area (Å²) in [5.74, 6) is 3.00. The molecular weight excluding hydrogens is 450 g/mol. The molecule has 1 aromatic heterocycles. The number of likely N-dealkylation sites (tertiary alicyclic amines) is 1. The fourth-order valence-corrected chi connectivity index (χ4v) is 4.96. The van der Waals surface area contributed by atoms with E-state index in [-0.39, 0.29) is 11.8 Å². The van der Waals surface area contributed by atoms with E-state index < -0.39 is 0 Å². The van der Waals surface area contributed by atoms with Gasteiger partial charge in [-0.1, -0.05) is 36.4 Å². The standard InChI is InChI=1S/C30H33N3O3/c1-21-9-10-22(2)28(17-21)36-16-6-15-33-27-8-5-4-7-26(27)31-30(33)24-18-29(34)32(20-24)19-23-11-13-25(35-3)14-12-23/h4-5,7-14,17,24H,6,15-16,18-20H2,1-3H3. The van der Waals surface area contributed by atoms with Crippen LogP contribution in [0.3, 0.4) is 0 Å². The summed E-state index contributed by atoms with van der Waals surface area (Å²) in [6.07, 6.45) is 1.34. The minimum absolute atomic E-state index is 0.0723. The SMILES string of the molecule is COc1ccc(CN2CC(c3nc4ccccc4n3CCCOc3cc(C)ccc3C)CC2=O)cc1. The molecule has 1 unspecified atom stereocenters. The van der Waals surface area contributed by atoms with Crippen molar-refractivity contribution in [3.05, 3.63) is 89.2 Å². The Balaban J connectivity index is 1.29. The number of hydrogen-bond donors (Lipinski definition) is 0. The second-order valence-electron chi connectivity index (χ2n) is 9.60. The first-order valence-corrected chi connectivity index (χ1v) is 12.6. The number of carbonyl (C=O) groups is 1. The highest BCUT2D eigenvalue weighted by Crippen LogP contribution is 2.31. The number of methoxy groups -OCH3 is 1. The minimum Gasteiger partial charge on any atom is -0.497 e. The summed E-state index contributed by atoms with van der Waals surface area (Å²) in [5.41, 5.74) is 5.53. The molecule has 6 heteroatoms. The maximum atomic E-state index is 12.9. The van der Waals surface area contributed by atoms with Crippen LogP contribution in [0.4, 0.5) is 0 Å². The van der Waals surface area contributed by atoms with Gasteiger partial charge in [0.05, 0.1) is 24.8 Å². The molecule has 1 amide bonds. The lowest BCUT2D eigenvalue weighted by molar-refractivity contribution is -0.128. The smallest absolute Gasteiger partial charge is 0.223 e. The van der Waals surface area contributed by atoms with Gasteiger partial charge in [0, 0.05) is 32.0 Å². The molecule has 5 rings (SSSR count). The molecule has 0 radical (unpaired) electrons. The third kappa shape index (κ3) is 5.08. The van der Waals surface area contributed by atoms with E-state index in [1.54, 1.807) is 7.11 Å². The molecule has 0 spiro atoms. The third-order valence-electron chi connectivity index (χ3n) is 6.92. The third-order valence-corrected chi connectivity index (χ3v) is 6.92. The molecule has 36 heavy (non-hydrogen) atoms. The second-order valence-corrected chi connectivity index (χ2v) is 9.60. The predicted molar refractivity (Wildman–Crippen MR) is 142 cm³/mol. The molecular formula is C30H33N3O3. The Hall–Kier alpha value is -3.80. The van der Waals surface area contributed by atoms with Crippen LogP contribution in [0.1, 0.15) is 41.3 Å². The highest BCUT2D eigenvalue weighted by molar-refractivity contribution is 5.81. The Morgan fingerprint density at radius 2 is 1.83 bits per heavy atom. The molecule has 2 heterocycles. The number of carbonyl (C=O) groups excluding carboxylic acids is 1. The lowest BCUT2D eigenvalue weighted by Crippen LogP contribution is -2.24. The number of ether oxygens (including phenoxy) is 2. The summed E-state index contributed by atoms with van der Waals surface area (Å²) in [6.45, 7) is 6.85. The molecule has 0 bridgehead atoms. The summed E-state index contributed by atoms with van der Waals surface area (Å²) in [6, 6.07) is 22.4. The van der Waals surface area contributed by atoms with Crippen molar-refractivity contribution in [2.24, 2.45) is 0 Å². The number of hydrogen-bond acceptors (Lipinski definition) is 4. The van der Waals surface area contributed by atoms with Crippen molar-refractivity contribution in [2.75, 3.05) is 20.3 Å². The first-order valence-electron chi connectivity index (χ1n) is 12.6. The summed E-state index contributed by atoms with van der Waals surface area (Å²) in [5, 5.41) is 0. The van der Waals surface area contributed by atoms with E-state index in [2.05, 4.69) is 42.7 Å². The Kier molecular flexibility index (Phi) is 6.94. The zero-order valence-corrected chi connectivity index (χ0v) is 21.2. The average molecular weight is 484 g/mol. The molecule has 1 aliphatic rings. The highest BCUT2D eigenvalue weighted by Gasteiger charge is 2.34. The summed E-state index contributed by atoms with van der Waals surface area (Å²) in [7, 11) is 1.66. The van der Waals surface area contributed by atoms with E-state index in [9.17, 15) is 4.79 Å². The van der Waals surface area contributed by atoms with E-state index in [4.69, 9.17) is 14.5 Å². The summed E-state index contributed by atoms with van der Waals surface area (Å²) >= 11 is 0. The van der Waals surface area contributed by atoms with Crippen molar-refractivity contribution in [3.8, 4) is 11.5 Å². The number of aromatic nitrogens is 2. The van der Waals surface area contributed by atoms with Crippen LogP contribution < -0.4 is 9.47 Å². The van der Waals surface area contributed by atoms with Gasteiger partial charge in [-0.3, -0.25) is 4.79 Å². The van der Waals surface area contributed by atoms with Crippen molar-refractivity contribution in [3.63, 3.8) is 0 Å². The van der Waals surface area contributed by atoms with Gasteiger partial charge in [0.1, 0.15) is 17.3 Å². The van der Waals surface area contributed by atoms with Gasteiger partial charge in [0.15, 0.2) is 0 Å². The van der Waals surface area contributed by atoms with Crippen LogP contribution in [0.2, 0.25) is 0 Å². The molecule has 1 atom stereocenters. The Morgan fingerprint density at radius 3 is 2.64 bits per heavy atom. The summed E-state index contributed by atoms with van der Waals surface area (Å²) < 4.78 is 13.6. The van der Waals surface area contributed by atoms with Crippen molar-refractivity contribution < 1.29 is 14.3 Å². The highest BCUT2D eigenvalue weighted by atomic mass is 16.5. The molecule has 0 N–H and O–H groups in total. The molecule has 4 aromatic rings. The van der Waals surface area contributed by atoms with Gasteiger partial charge in [0.25, 0.3) is 0 Å². The second kappa shape index (κ2) is 10.4. The minimum atomic E-state index is 0.0723. The molecule has 1 fully saturated rings. The average Bonchev–Trinajstić information content (AvgIpc) is 3.44.